The van der Waals surface area contributed by atoms with Crippen LogP contribution in [0.25, 0.3) is 0 Å². The Morgan fingerprint density at radius 3 is 2.43 bits per heavy atom. The molecule has 35 heavy (non-hydrogen) atoms. The van der Waals surface area contributed by atoms with E-state index in [9.17, 15) is 20.1 Å². The second-order valence-corrected chi connectivity index (χ2v) is 11.8. The van der Waals surface area contributed by atoms with Crippen LogP contribution in [0.5, 0.6) is 0 Å². The van der Waals surface area contributed by atoms with Crippen LogP contribution in [0.3, 0.4) is 0 Å². The number of fused-ring (bicyclic) bond motifs is 4. The van der Waals surface area contributed by atoms with Crippen molar-refractivity contribution >= 4 is 5.78 Å². The lowest BCUT2D eigenvalue weighted by atomic mass is 9.83. The second-order valence-electron chi connectivity index (χ2n) is 11.8. The fourth-order valence-electron chi connectivity index (χ4n) is 6.51. The smallest absolute Gasteiger partial charge is 0.231 e. The normalized spacial score (nSPS) is 44.5. The van der Waals surface area contributed by atoms with E-state index >= 15 is 0 Å². The highest BCUT2D eigenvalue weighted by Gasteiger charge is 2.51. The number of carbonyl (C=O) groups is 1. The van der Waals surface area contributed by atoms with Crippen molar-refractivity contribution in [3.63, 3.8) is 0 Å². The minimum absolute atomic E-state index is 0.0815. The average molecular weight is 493 g/mol. The first-order valence-electron chi connectivity index (χ1n) is 13.2. The molecule has 3 aliphatic heterocycles. The van der Waals surface area contributed by atoms with Crippen LogP contribution in [0.1, 0.15) is 74.1 Å². The van der Waals surface area contributed by atoms with E-state index in [-0.39, 0.29) is 35.2 Å². The molecule has 3 heterocycles. The number of rotatable bonds is 0. The molecular weight excluding hydrogens is 450 g/mol. The van der Waals surface area contributed by atoms with Crippen molar-refractivity contribution in [2.75, 3.05) is 0 Å². The zero-order valence-electron chi connectivity index (χ0n) is 22.2. The van der Waals surface area contributed by atoms with Crippen molar-refractivity contribution < 1.29 is 29.6 Å². The Labute approximate surface area is 209 Å². The van der Waals surface area contributed by atoms with E-state index in [1.807, 2.05) is 20.8 Å². The minimum Gasteiger partial charge on any atom is -0.504 e. The molecule has 6 nitrogen and oxygen atoms in total. The van der Waals surface area contributed by atoms with Crippen molar-refractivity contribution in [1.29, 1.82) is 0 Å². The number of ether oxygens (including phenoxy) is 2. The molecule has 3 N–H and O–H groups in total. The number of aliphatic hydroxyl groups is 3. The van der Waals surface area contributed by atoms with Gasteiger partial charge in [-0.05, 0) is 57.4 Å². The van der Waals surface area contributed by atoms with Gasteiger partial charge in [-0.3, -0.25) is 4.79 Å². The molecule has 0 spiro atoms. The summed E-state index contributed by atoms with van der Waals surface area (Å²) in [6, 6.07) is 0. The lowest BCUT2D eigenvalue weighted by Crippen LogP contribution is -2.50. The first kappa shape index (κ1) is 26.2. The van der Waals surface area contributed by atoms with E-state index in [4.69, 9.17) is 9.47 Å². The summed E-state index contributed by atoms with van der Waals surface area (Å²) in [6.07, 6.45) is 5.76. The molecule has 6 heteroatoms. The Hall–Kier alpha value is -1.89. The Morgan fingerprint density at radius 1 is 1.06 bits per heavy atom. The largest absolute Gasteiger partial charge is 0.504 e. The number of hydrogen-bond donors (Lipinski definition) is 3. The summed E-state index contributed by atoms with van der Waals surface area (Å²) in [7, 11) is 0. The van der Waals surface area contributed by atoms with Crippen LogP contribution in [0.15, 0.2) is 46.0 Å². The lowest BCUT2D eigenvalue weighted by molar-refractivity contribution is -0.164. The minimum atomic E-state index is -1.60. The van der Waals surface area contributed by atoms with Gasteiger partial charge in [0.2, 0.25) is 11.6 Å². The SMILES string of the molecule is C/C1=[13CH]\[C@H](C)C[12CH2][13C@H]2O[12C@@H](C3=[12C](O)C(=[16O])[12C](C)=C4[16O][13C@]([16OH])([12CH]=[12C]43)[C@H](C)[13CH2][C@H](C)[13CH2]1)[C@H](C)[13C@@H]([16OH])[C@H]2C. The Kier molecular flexibility index (Phi) is 7.13. The van der Waals surface area contributed by atoms with Crippen molar-refractivity contribution in [1.82, 2.24) is 0 Å². The quantitative estimate of drug-likeness (QED) is 0.321. The van der Waals surface area contributed by atoms with Crippen LogP contribution in [0, 0.1) is 29.6 Å². The third kappa shape index (κ3) is 4.65. The summed E-state index contributed by atoms with van der Waals surface area (Å²) in [5, 5.41) is 33.8. The molecule has 0 unspecified atom stereocenters. The number of hydrogen-bond acceptors (Lipinski definition) is 6. The highest BCUT2D eigenvalue weighted by atomic mass is 16.7. The van der Waals surface area contributed by atoms with Gasteiger partial charge in [0, 0.05) is 34.5 Å². The summed E-state index contributed by atoms with van der Waals surface area (Å²) in [5.41, 5.74) is 2.44. The fraction of sp³-hybridized carbons (Fsp3) is 0.690. The van der Waals surface area contributed by atoms with Gasteiger partial charge in [0.15, 0.2) is 5.76 Å². The molecule has 0 saturated carbocycles. The molecule has 1 aliphatic carbocycles. The monoisotopic (exact) mass is 492 g/mol. The van der Waals surface area contributed by atoms with Gasteiger partial charge in [-0.15, -0.1) is 0 Å². The lowest BCUT2D eigenvalue weighted by Gasteiger charge is -2.44. The van der Waals surface area contributed by atoms with E-state index in [2.05, 4.69) is 26.8 Å². The first-order chi connectivity index (χ1) is 16.3. The zero-order valence-corrected chi connectivity index (χ0v) is 22.2. The molecular formula is C29H42O6. The van der Waals surface area contributed by atoms with Crippen LogP contribution < -0.4 is 0 Å². The maximum absolute atomic E-state index is 13.0. The van der Waals surface area contributed by atoms with E-state index in [0.717, 1.165) is 25.7 Å². The van der Waals surface area contributed by atoms with E-state index in [0.29, 0.717) is 28.7 Å². The fourth-order valence-corrected chi connectivity index (χ4v) is 6.51. The molecule has 0 aromatic carbocycles. The second kappa shape index (κ2) is 9.53. The van der Waals surface area contributed by atoms with Gasteiger partial charge in [-0.25, -0.2) is 0 Å². The van der Waals surface area contributed by atoms with E-state index < -0.39 is 23.8 Å². The Balaban J connectivity index is 1.83. The van der Waals surface area contributed by atoms with Gasteiger partial charge in [0.1, 0.15) is 5.76 Å². The number of ketones is 1. The molecule has 0 radical (unpaired) electrons. The summed E-state index contributed by atoms with van der Waals surface area (Å²) in [5.74, 6) is -2.16. The number of allylic oxidation sites excluding steroid dienone is 4. The maximum atomic E-state index is 13.0. The van der Waals surface area contributed by atoms with Crippen molar-refractivity contribution in [2.24, 2.45) is 29.6 Å². The van der Waals surface area contributed by atoms with Crippen molar-refractivity contribution in [2.45, 2.75) is 98.2 Å². The molecule has 1 saturated heterocycles. The van der Waals surface area contributed by atoms with Crippen LogP contribution in [0.2, 0.25) is 0 Å². The predicted molar refractivity (Wildman–Crippen MR) is 134 cm³/mol. The molecule has 1 fully saturated rings. The van der Waals surface area contributed by atoms with Gasteiger partial charge in [-0.2, -0.15) is 0 Å². The highest BCUT2D eigenvalue weighted by molar-refractivity contribution is 6.10. The highest BCUT2D eigenvalue weighted by Crippen LogP contribution is 2.49. The van der Waals surface area contributed by atoms with Crippen LogP contribution in [-0.4, -0.2) is 45.2 Å². The predicted octanol–water partition coefficient (Wildman–Crippen LogP) is 5.13. The topological polar surface area (TPSA) is 96.2 Å². The molecule has 4 aliphatic rings. The zero-order chi connectivity index (χ0) is 25.8. The molecule has 0 aromatic heterocycles. The first-order valence-corrected chi connectivity index (χ1v) is 13.2. The van der Waals surface area contributed by atoms with E-state index in [1.165, 1.54) is 5.57 Å². The summed E-state index contributed by atoms with van der Waals surface area (Å²) in [4.78, 5) is 13.0. The third-order valence-corrected chi connectivity index (χ3v) is 8.66. The summed E-state index contributed by atoms with van der Waals surface area (Å²) < 4.78 is 12.7. The summed E-state index contributed by atoms with van der Waals surface area (Å²) >= 11 is 0. The molecule has 0 aromatic rings. The number of Topliss-reactive ketones (excluding diaryl/α,β-unsaturated/α-hetero) is 1. The summed E-state index contributed by atoms with van der Waals surface area (Å²) in [6.45, 7) is 14.0. The molecule has 194 valence electrons. The van der Waals surface area contributed by atoms with Crippen molar-refractivity contribution in [3.8, 4) is 0 Å². The van der Waals surface area contributed by atoms with Crippen molar-refractivity contribution in [3.05, 3.63) is 46.0 Å². The standard InChI is InChI=1S/C29H42O6/c1-14-8-9-22-18(5)24(30)19(6)28(34-22)23-21-13-29(33,17(4)12-16(3)11-15(2)10-14)35-27(21)20(7)25(31)26(23)32/h10,13-14,16-19,22,24,28,30,32-33H,8-9,11-12H2,1-7H3/b15-10+/t14-,16-,17-,18+,19-,22-,24+,28-,29-/m1/s1/i9+0,10+1,11+1,12+1,13+0,20+0,21+0,22+1,24+1,26+0,28+0,29+1,30+0,31+0,33+0,35+0. The Morgan fingerprint density at radius 2 is 1.74 bits per heavy atom. The van der Waals surface area contributed by atoms with Gasteiger partial charge in [0.05, 0.1) is 18.3 Å². The number of carbonyl (C=O) groups excluding carboxylic acids is 1. The maximum Gasteiger partial charge on any atom is 0.231 e. The molecule has 0 amide bonds. The van der Waals surface area contributed by atoms with Crippen LogP contribution >= 0.6 is 0 Å². The molecule has 4 bridgehead atoms. The van der Waals surface area contributed by atoms with Gasteiger partial charge in [0.25, 0.3) is 0 Å². The van der Waals surface area contributed by atoms with E-state index in [1.54, 1.807) is 13.0 Å². The molecule has 4 rings (SSSR count). The van der Waals surface area contributed by atoms with Crippen LogP contribution in [0.4, 0.5) is 0 Å². The van der Waals surface area contributed by atoms with Gasteiger partial charge < -0.3 is 24.8 Å². The third-order valence-electron chi connectivity index (χ3n) is 8.66. The van der Waals surface area contributed by atoms with Gasteiger partial charge in [-0.1, -0.05) is 46.3 Å². The Bertz CT molecular complexity index is 1000. The average Bonchev–Trinajstić information content (AvgIpc) is 3.14. The van der Waals surface area contributed by atoms with Gasteiger partial charge >= 0.3 is 0 Å². The van der Waals surface area contributed by atoms with Crippen LogP contribution in [-0.2, 0) is 14.3 Å². The number of aliphatic hydroxyl groups excluding tert-OH is 2. The molecule has 9 atom stereocenters.